The number of amides is 1. The molecular formula is C22H24N6O2S. The SMILES string of the molecule is CSc1ncc(C(=O)NCc2cccnc2)c(Nc2ccc(N3CCOCC3)cc2)n1. The van der Waals surface area contributed by atoms with Gasteiger partial charge < -0.3 is 20.3 Å². The lowest BCUT2D eigenvalue weighted by molar-refractivity contribution is 0.0951. The summed E-state index contributed by atoms with van der Waals surface area (Å²) in [5.74, 6) is 0.228. The minimum atomic E-state index is -0.246. The molecule has 1 aliphatic heterocycles. The van der Waals surface area contributed by atoms with Gasteiger partial charge in [0, 0.05) is 49.6 Å². The van der Waals surface area contributed by atoms with Gasteiger partial charge in [0.25, 0.3) is 5.91 Å². The normalized spacial score (nSPS) is 13.6. The summed E-state index contributed by atoms with van der Waals surface area (Å²) in [6, 6.07) is 11.9. The first-order valence-corrected chi connectivity index (χ1v) is 11.2. The Kier molecular flexibility index (Phi) is 6.96. The van der Waals surface area contributed by atoms with Crippen LogP contribution in [0, 0.1) is 0 Å². The van der Waals surface area contributed by atoms with Crippen LogP contribution in [0.5, 0.6) is 0 Å². The second kappa shape index (κ2) is 10.2. The molecule has 1 fully saturated rings. The van der Waals surface area contributed by atoms with Crippen molar-refractivity contribution in [2.45, 2.75) is 11.7 Å². The lowest BCUT2D eigenvalue weighted by atomic mass is 10.2. The summed E-state index contributed by atoms with van der Waals surface area (Å²) in [5.41, 5.74) is 3.31. The number of pyridine rings is 1. The Morgan fingerprint density at radius 2 is 1.97 bits per heavy atom. The van der Waals surface area contributed by atoms with E-state index in [-0.39, 0.29) is 5.91 Å². The largest absolute Gasteiger partial charge is 0.378 e. The molecule has 0 unspecified atom stereocenters. The number of hydrogen-bond donors (Lipinski definition) is 2. The molecular weight excluding hydrogens is 412 g/mol. The number of benzene rings is 1. The van der Waals surface area contributed by atoms with Crippen LogP contribution in [0.2, 0.25) is 0 Å². The average molecular weight is 437 g/mol. The molecule has 0 saturated carbocycles. The van der Waals surface area contributed by atoms with Crippen LogP contribution < -0.4 is 15.5 Å². The second-order valence-electron chi connectivity index (χ2n) is 6.93. The van der Waals surface area contributed by atoms with Gasteiger partial charge in [-0.1, -0.05) is 17.8 Å². The van der Waals surface area contributed by atoms with Gasteiger partial charge in [-0.2, -0.15) is 0 Å². The highest BCUT2D eigenvalue weighted by Crippen LogP contribution is 2.24. The number of aromatic nitrogens is 3. The Morgan fingerprint density at radius 1 is 1.16 bits per heavy atom. The number of hydrogen-bond acceptors (Lipinski definition) is 8. The standard InChI is InChI=1S/C22H24N6O2S/c1-31-22-25-15-19(21(29)24-14-16-3-2-8-23-13-16)20(27-22)26-17-4-6-18(7-5-17)28-9-11-30-12-10-28/h2-8,13,15H,9-12,14H2,1H3,(H,24,29)(H,25,26,27). The molecule has 3 aromatic rings. The Hall–Kier alpha value is -3.17. The van der Waals surface area contributed by atoms with E-state index in [0.29, 0.717) is 23.1 Å². The third-order valence-corrected chi connectivity index (χ3v) is 5.44. The number of anilines is 3. The van der Waals surface area contributed by atoms with Crippen molar-refractivity contribution < 1.29 is 9.53 Å². The molecule has 0 aliphatic carbocycles. The molecule has 0 radical (unpaired) electrons. The molecule has 8 nitrogen and oxygen atoms in total. The van der Waals surface area contributed by atoms with Gasteiger partial charge in [-0.15, -0.1) is 0 Å². The van der Waals surface area contributed by atoms with Gasteiger partial charge in [-0.05, 0) is 42.2 Å². The number of carbonyl (C=O) groups is 1. The summed E-state index contributed by atoms with van der Waals surface area (Å²) in [4.78, 5) is 28.0. The summed E-state index contributed by atoms with van der Waals surface area (Å²) in [5, 5.41) is 6.78. The molecule has 4 rings (SSSR count). The minimum absolute atomic E-state index is 0.246. The maximum absolute atomic E-state index is 12.8. The van der Waals surface area contributed by atoms with Crippen molar-refractivity contribution in [2.75, 3.05) is 42.8 Å². The van der Waals surface area contributed by atoms with Crippen LogP contribution in [-0.2, 0) is 11.3 Å². The van der Waals surface area contributed by atoms with Gasteiger partial charge in [0.1, 0.15) is 11.4 Å². The predicted octanol–water partition coefficient (Wildman–Crippen LogP) is 3.10. The molecule has 0 spiro atoms. The van der Waals surface area contributed by atoms with Crippen molar-refractivity contribution in [3.8, 4) is 0 Å². The monoisotopic (exact) mass is 436 g/mol. The molecule has 160 valence electrons. The molecule has 31 heavy (non-hydrogen) atoms. The summed E-state index contributed by atoms with van der Waals surface area (Å²) < 4.78 is 5.42. The van der Waals surface area contributed by atoms with E-state index >= 15 is 0 Å². The molecule has 0 atom stereocenters. The molecule has 1 saturated heterocycles. The fourth-order valence-corrected chi connectivity index (χ4v) is 3.56. The number of rotatable bonds is 7. The van der Waals surface area contributed by atoms with Crippen LogP contribution in [0.4, 0.5) is 17.2 Å². The summed E-state index contributed by atoms with van der Waals surface area (Å²) in [6.07, 6.45) is 6.88. The fraction of sp³-hybridized carbons (Fsp3) is 0.273. The Balaban J connectivity index is 1.49. The third kappa shape index (κ3) is 5.50. The minimum Gasteiger partial charge on any atom is -0.378 e. The Morgan fingerprint density at radius 3 is 2.68 bits per heavy atom. The zero-order chi connectivity index (χ0) is 21.5. The van der Waals surface area contributed by atoms with E-state index in [1.165, 1.54) is 11.8 Å². The number of ether oxygens (including phenoxy) is 1. The molecule has 2 aromatic heterocycles. The zero-order valence-electron chi connectivity index (χ0n) is 17.2. The highest BCUT2D eigenvalue weighted by molar-refractivity contribution is 7.98. The van der Waals surface area contributed by atoms with E-state index in [2.05, 4.69) is 42.6 Å². The van der Waals surface area contributed by atoms with Crippen molar-refractivity contribution in [2.24, 2.45) is 0 Å². The van der Waals surface area contributed by atoms with Crippen LogP contribution in [0.15, 0.2) is 60.1 Å². The lowest BCUT2D eigenvalue weighted by Crippen LogP contribution is -2.36. The molecule has 1 aromatic carbocycles. The van der Waals surface area contributed by atoms with Crippen LogP contribution in [0.25, 0.3) is 0 Å². The fourth-order valence-electron chi connectivity index (χ4n) is 3.22. The summed E-state index contributed by atoms with van der Waals surface area (Å²) >= 11 is 1.42. The molecule has 2 N–H and O–H groups in total. The smallest absolute Gasteiger partial charge is 0.256 e. The summed E-state index contributed by atoms with van der Waals surface area (Å²) in [6.45, 7) is 3.64. The molecule has 1 aliphatic rings. The zero-order valence-corrected chi connectivity index (χ0v) is 18.1. The van der Waals surface area contributed by atoms with E-state index in [4.69, 9.17) is 4.74 Å². The average Bonchev–Trinajstić information content (AvgIpc) is 2.84. The number of nitrogens with one attached hydrogen (secondary N) is 2. The van der Waals surface area contributed by atoms with E-state index in [0.717, 1.165) is 43.2 Å². The topological polar surface area (TPSA) is 92.3 Å². The first-order valence-electron chi connectivity index (χ1n) is 10.0. The first-order chi connectivity index (χ1) is 15.2. The van der Waals surface area contributed by atoms with E-state index in [1.807, 2.05) is 30.5 Å². The number of thioether (sulfide) groups is 1. The van der Waals surface area contributed by atoms with Crippen molar-refractivity contribution in [1.82, 2.24) is 20.3 Å². The molecule has 9 heteroatoms. The second-order valence-corrected chi connectivity index (χ2v) is 7.71. The van der Waals surface area contributed by atoms with Crippen molar-refractivity contribution in [1.29, 1.82) is 0 Å². The molecule has 0 bridgehead atoms. The van der Waals surface area contributed by atoms with Gasteiger partial charge in [0.05, 0.1) is 13.2 Å². The van der Waals surface area contributed by atoms with Crippen LogP contribution in [0.3, 0.4) is 0 Å². The molecule has 1 amide bonds. The van der Waals surface area contributed by atoms with E-state index < -0.39 is 0 Å². The highest BCUT2D eigenvalue weighted by atomic mass is 32.2. The van der Waals surface area contributed by atoms with Crippen LogP contribution in [0.1, 0.15) is 15.9 Å². The third-order valence-electron chi connectivity index (χ3n) is 4.88. The Labute approximate surface area is 185 Å². The Bertz CT molecular complexity index is 1010. The van der Waals surface area contributed by atoms with Crippen molar-refractivity contribution in [3.05, 3.63) is 66.1 Å². The quantitative estimate of drug-likeness (QED) is 0.431. The van der Waals surface area contributed by atoms with Crippen LogP contribution in [-0.4, -0.2) is 53.4 Å². The van der Waals surface area contributed by atoms with Gasteiger partial charge in [-0.3, -0.25) is 9.78 Å². The first kappa shape index (κ1) is 21.1. The number of morpholine rings is 1. The van der Waals surface area contributed by atoms with E-state index in [9.17, 15) is 4.79 Å². The number of carbonyl (C=O) groups excluding carboxylic acids is 1. The maximum Gasteiger partial charge on any atom is 0.256 e. The number of nitrogens with zero attached hydrogens (tertiary/aromatic N) is 4. The predicted molar refractivity (Wildman–Crippen MR) is 122 cm³/mol. The highest BCUT2D eigenvalue weighted by Gasteiger charge is 2.16. The van der Waals surface area contributed by atoms with Gasteiger partial charge in [-0.25, -0.2) is 9.97 Å². The summed E-state index contributed by atoms with van der Waals surface area (Å²) in [7, 11) is 0. The van der Waals surface area contributed by atoms with Gasteiger partial charge in [0.2, 0.25) is 0 Å². The molecule has 3 heterocycles. The van der Waals surface area contributed by atoms with E-state index in [1.54, 1.807) is 18.6 Å². The van der Waals surface area contributed by atoms with Crippen molar-refractivity contribution in [3.63, 3.8) is 0 Å². The maximum atomic E-state index is 12.8. The van der Waals surface area contributed by atoms with Crippen LogP contribution >= 0.6 is 11.8 Å². The van der Waals surface area contributed by atoms with Gasteiger partial charge >= 0.3 is 0 Å². The van der Waals surface area contributed by atoms with Crippen molar-refractivity contribution >= 4 is 34.9 Å². The lowest BCUT2D eigenvalue weighted by Gasteiger charge is -2.29. The van der Waals surface area contributed by atoms with Gasteiger partial charge in [0.15, 0.2) is 5.16 Å².